The van der Waals surface area contributed by atoms with Gasteiger partial charge >= 0.3 is 5.97 Å². The first-order valence-corrected chi connectivity index (χ1v) is 9.32. The summed E-state index contributed by atoms with van der Waals surface area (Å²) in [4.78, 5) is 37.9. The second-order valence-electron chi connectivity index (χ2n) is 6.54. The number of fused-ring (bicyclic) bond motifs is 1. The third-order valence-electron chi connectivity index (χ3n) is 4.16. The van der Waals surface area contributed by atoms with Gasteiger partial charge in [0.1, 0.15) is 11.2 Å². The average molecular weight is 424 g/mol. The molecule has 1 unspecified atom stereocenters. The van der Waals surface area contributed by atoms with E-state index in [1.807, 2.05) is 0 Å². The number of rotatable bonds is 5. The Bertz CT molecular complexity index is 942. The van der Waals surface area contributed by atoms with E-state index in [1.54, 1.807) is 26.0 Å². The minimum Gasteiger partial charge on any atom is -0.462 e. The van der Waals surface area contributed by atoms with Crippen molar-refractivity contribution < 1.29 is 23.5 Å². The van der Waals surface area contributed by atoms with Crippen LogP contribution in [0, 0.1) is 5.82 Å². The molecule has 5 nitrogen and oxygen atoms in total. The maximum Gasteiger partial charge on any atom is 0.324 e. The Hall–Kier alpha value is -2.44. The summed E-state index contributed by atoms with van der Waals surface area (Å²) in [5.74, 6) is -2.73. The third-order valence-corrected chi connectivity index (χ3v) is 4.84. The van der Waals surface area contributed by atoms with Crippen molar-refractivity contribution in [1.82, 2.24) is 0 Å². The van der Waals surface area contributed by atoms with Gasteiger partial charge in [0.05, 0.1) is 22.9 Å². The van der Waals surface area contributed by atoms with Crippen molar-refractivity contribution >= 4 is 46.7 Å². The van der Waals surface area contributed by atoms with Gasteiger partial charge in [0.15, 0.2) is 0 Å². The number of halogens is 3. The molecule has 0 fully saturated rings. The van der Waals surface area contributed by atoms with E-state index in [-0.39, 0.29) is 34.4 Å². The minimum atomic E-state index is -1.06. The molecule has 28 heavy (non-hydrogen) atoms. The fraction of sp³-hybridized carbons (Fsp3) is 0.250. The van der Waals surface area contributed by atoms with Gasteiger partial charge in [0.2, 0.25) is 0 Å². The van der Waals surface area contributed by atoms with E-state index in [4.69, 9.17) is 27.9 Å². The van der Waals surface area contributed by atoms with Crippen molar-refractivity contribution in [1.29, 1.82) is 0 Å². The van der Waals surface area contributed by atoms with Crippen LogP contribution < -0.4 is 4.90 Å². The number of amides is 2. The Labute approximate surface area is 171 Å². The Morgan fingerprint density at radius 3 is 2.25 bits per heavy atom. The molecule has 1 atom stereocenters. The van der Waals surface area contributed by atoms with Crippen molar-refractivity contribution in [3.05, 3.63) is 63.9 Å². The fourth-order valence-corrected chi connectivity index (χ4v) is 3.34. The average Bonchev–Trinajstić information content (AvgIpc) is 2.88. The Morgan fingerprint density at radius 2 is 1.71 bits per heavy atom. The van der Waals surface area contributed by atoms with E-state index in [1.165, 1.54) is 18.2 Å². The van der Waals surface area contributed by atoms with Crippen LogP contribution in [-0.2, 0) is 16.0 Å². The number of hydrogen-bond acceptors (Lipinski definition) is 4. The molecule has 0 N–H and O–H groups in total. The van der Waals surface area contributed by atoms with Crippen molar-refractivity contribution in [3.8, 4) is 0 Å². The predicted octanol–water partition coefficient (Wildman–Crippen LogP) is 4.38. The van der Waals surface area contributed by atoms with Crippen molar-refractivity contribution in [3.63, 3.8) is 0 Å². The summed E-state index contributed by atoms with van der Waals surface area (Å²) in [6.07, 6.45) is -0.395. The van der Waals surface area contributed by atoms with Gasteiger partial charge in [0, 0.05) is 11.4 Å². The van der Waals surface area contributed by atoms with Crippen LogP contribution in [0.1, 0.15) is 40.1 Å². The molecule has 2 amide bonds. The second-order valence-corrected chi connectivity index (χ2v) is 7.48. The van der Waals surface area contributed by atoms with Crippen molar-refractivity contribution in [2.24, 2.45) is 0 Å². The molecule has 0 saturated carbocycles. The lowest BCUT2D eigenvalue weighted by Crippen LogP contribution is -2.30. The number of alkyl halides is 1. The summed E-state index contributed by atoms with van der Waals surface area (Å²) in [7, 11) is 0. The van der Waals surface area contributed by atoms with Gasteiger partial charge in [-0.2, -0.15) is 0 Å². The van der Waals surface area contributed by atoms with Gasteiger partial charge in [-0.15, -0.1) is 11.6 Å². The van der Waals surface area contributed by atoms with Crippen molar-refractivity contribution in [2.75, 3.05) is 4.90 Å². The predicted molar refractivity (Wildman–Crippen MR) is 104 cm³/mol. The molecule has 0 bridgehead atoms. The van der Waals surface area contributed by atoms with Gasteiger partial charge in [-0.25, -0.2) is 9.29 Å². The highest BCUT2D eigenvalue weighted by molar-refractivity contribution is 6.35. The van der Waals surface area contributed by atoms with E-state index in [0.29, 0.717) is 5.56 Å². The fourth-order valence-electron chi connectivity index (χ4n) is 2.90. The van der Waals surface area contributed by atoms with E-state index in [0.717, 1.165) is 11.0 Å². The largest absolute Gasteiger partial charge is 0.462 e. The topological polar surface area (TPSA) is 63.7 Å². The minimum absolute atomic E-state index is 0.0286. The number of hydrogen-bond donors (Lipinski definition) is 0. The zero-order valence-corrected chi connectivity index (χ0v) is 16.6. The van der Waals surface area contributed by atoms with Crippen LogP contribution in [0.25, 0.3) is 0 Å². The highest BCUT2D eigenvalue weighted by Crippen LogP contribution is 2.34. The molecule has 0 saturated heterocycles. The van der Waals surface area contributed by atoms with Crippen LogP contribution in [0.15, 0.2) is 36.4 Å². The first kappa shape index (κ1) is 20.3. The van der Waals surface area contributed by atoms with Crippen LogP contribution in [0.2, 0.25) is 5.02 Å². The van der Waals surface area contributed by atoms with E-state index >= 15 is 0 Å². The third kappa shape index (κ3) is 3.75. The molecule has 146 valence electrons. The van der Waals surface area contributed by atoms with Gasteiger partial charge in [-0.05, 0) is 43.7 Å². The molecule has 8 heteroatoms. The Morgan fingerprint density at radius 1 is 1.14 bits per heavy atom. The monoisotopic (exact) mass is 423 g/mol. The number of carbonyl (C=O) groups excluding carboxylic acids is 3. The molecule has 0 aliphatic carbocycles. The summed E-state index contributed by atoms with van der Waals surface area (Å²) in [6.45, 7) is 3.37. The lowest BCUT2D eigenvalue weighted by Gasteiger charge is -2.18. The molecule has 2 aromatic rings. The maximum atomic E-state index is 14.6. The zero-order chi connectivity index (χ0) is 20.6. The van der Waals surface area contributed by atoms with Crippen LogP contribution in [0.4, 0.5) is 10.1 Å². The lowest BCUT2D eigenvalue weighted by atomic mass is 10.1. The number of nitrogens with zero attached hydrogens (tertiary/aromatic N) is 1. The van der Waals surface area contributed by atoms with Crippen LogP contribution in [0.5, 0.6) is 0 Å². The van der Waals surface area contributed by atoms with Gasteiger partial charge in [-0.3, -0.25) is 14.4 Å². The molecule has 1 aliphatic heterocycles. The molecule has 1 heterocycles. The molecule has 0 aromatic heterocycles. The second kappa shape index (κ2) is 7.89. The molecule has 3 rings (SSSR count). The summed E-state index contributed by atoms with van der Waals surface area (Å²) >= 11 is 12.2. The first-order chi connectivity index (χ1) is 13.2. The summed E-state index contributed by atoms with van der Waals surface area (Å²) in [5, 5.41) is -1.03. The van der Waals surface area contributed by atoms with E-state index < -0.39 is 29.0 Å². The standard InChI is InChI=1S/C20H16Cl2FNO4/c1-10(2)28-20(27)15(22)7-11-8-17(16(23)9-14(11)21)24-18(25)12-5-3-4-6-13(12)19(24)26/h3-6,8-10,15H,7H2,1-2H3. The molecule has 0 radical (unpaired) electrons. The van der Waals surface area contributed by atoms with E-state index in [9.17, 15) is 18.8 Å². The Kier molecular flexibility index (Phi) is 5.72. The highest BCUT2D eigenvalue weighted by Gasteiger charge is 2.38. The number of imide groups is 1. The Balaban J connectivity index is 1.94. The first-order valence-electron chi connectivity index (χ1n) is 8.51. The maximum absolute atomic E-state index is 14.6. The number of anilines is 1. The molecule has 1 aliphatic rings. The van der Waals surface area contributed by atoms with Gasteiger partial charge < -0.3 is 4.74 Å². The van der Waals surface area contributed by atoms with Crippen molar-refractivity contribution in [2.45, 2.75) is 31.7 Å². The molecular weight excluding hydrogens is 408 g/mol. The van der Waals surface area contributed by atoms with Gasteiger partial charge in [-0.1, -0.05) is 23.7 Å². The molecule has 0 spiro atoms. The number of ether oxygens (including phenoxy) is 1. The van der Waals surface area contributed by atoms with Gasteiger partial charge in [0.25, 0.3) is 11.8 Å². The quantitative estimate of drug-likeness (QED) is 0.406. The lowest BCUT2D eigenvalue weighted by molar-refractivity contribution is -0.146. The summed E-state index contributed by atoms with van der Waals surface area (Å²) < 4.78 is 19.6. The van der Waals surface area contributed by atoms with E-state index in [2.05, 4.69) is 0 Å². The zero-order valence-electron chi connectivity index (χ0n) is 15.0. The normalized spacial score (nSPS) is 14.4. The number of benzene rings is 2. The molecule has 2 aromatic carbocycles. The SMILES string of the molecule is CC(C)OC(=O)C(Cl)Cc1cc(N2C(=O)c3ccccc3C2=O)c(F)cc1Cl. The molecular formula is C20H16Cl2FNO4. The van der Waals surface area contributed by atoms with Crippen LogP contribution in [-0.4, -0.2) is 29.3 Å². The number of esters is 1. The summed E-state index contributed by atoms with van der Waals surface area (Å²) in [6, 6.07) is 8.50. The smallest absolute Gasteiger partial charge is 0.324 e. The summed E-state index contributed by atoms with van der Waals surface area (Å²) in [5.41, 5.74) is 0.459. The van der Waals surface area contributed by atoms with Crippen LogP contribution >= 0.6 is 23.2 Å². The highest BCUT2D eigenvalue weighted by atomic mass is 35.5. The van der Waals surface area contributed by atoms with Crippen LogP contribution in [0.3, 0.4) is 0 Å². The number of carbonyl (C=O) groups is 3.